The van der Waals surface area contributed by atoms with Crippen molar-refractivity contribution in [3.63, 3.8) is 0 Å². The molecular weight excluding hydrogens is 374 g/mol. The van der Waals surface area contributed by atoms with E-state index >= 15 is 0 Å². The van der Waals surface area contributed by atoms with Gasteiger partial charge in [0.15, 0.2) is 0 Å². The fraction of sp³-hybridized carbons (Fsp3) is 0.154. The minimum atomic E-state index is -0.779. The minimum absolute atomic E-state index is 0.0374. The molecule has 1 aromatic heterocycles. The molecule has 1 heterocycles. The zero-order valence-corrected chi connectivity index (χ0v) is 17.3. The molecule has 3 aromatic carbocycles. The highest BCUT2D eigenvalue weighted by atomic mass is 16.4. The maximum atomic E-state index is 12.0. The van der Waals surface area contributed by atoms with Crippen LogP contribution in [0.25, 0.3) is 22.0 Å². The normalized spacial score (nSPS) is 11.4. The molecule has 4 rings (SSSR count). The SMILES string of the molecule is Cc1ccc(C(C)C(=O)O)cc1.Cc1cccc(-c2cc3ccccc3c(=O)[nH]2)c1. The first-order valence-corrected chi connectivity index (χ1v) is 9.83. The molecule has 0 saturated heterocycles. The number of carboxylic acid groups (broad SMARTS) is 1. The van der Waals surface area contributed by atoms with Gasteiger partial charge in [-0.15, -0.1) is 0 Å². The highest BCUT2D eigenvalue weighted by Gasteiger charge is 2.12. The van der Waals surface area contributed by atoms with Gasteiger partial charge < -0.3 is 10.1 Å². The van der Waals surface area contributed by atoms with E-state index in [1.807, 2.05) is 86.6 Å². The number of aryl methyl sites for hydroxylation is 2. The van der Waals surface area contributed by atoms with E-state index in [2.05, 4.69) is 11.1 Å². The van der Waals surface area contributed by atoms with Gasteiger partial charge in [0.2, 0.25) is 0 Å². The lowest BCUT2D eigenvalue weighted by Gasteiger charge is -2.05. The molecule has 1 atom stereocenters. The number of nitrogens with one attached hydrogen (secondary N) is 1. The number of carboxylic acids is 1. The largest absolute Gasteiger partial charge is 0.481 e. The van der Waals surface area contributed by atoms with Crippen molar-refractivity contribution in [1.29, 1.82) is 0 Å². The fourth-order valence-corrected chi connectivity index (χ4v) is 3.18. The summed E-state index contributed by atoms with van der Waals surface area (Å²) in [6, 6.07) is 25.3. The van der Waals surface area contributed by atoms with E-state index in [4.69, 9.17) is 5.11 Å². The number of aromatic nitrogens is 1. The monoisotopic (exact) mass is 399 g/mol. The van der Waals surface area contributed by atoms with Crippen LogP contribution < -0.4 is 5.56 Å². The molecule has 0 aliphatic carbocycles. The van der Waals surface area contributed by atoms with Gasteiger partial charge in [-0.1, -0.05) is 71.8 Å². The van der Waals surface area contributed by atoms with Crippen molar-refractivity contribution >= 4 is 16.7 Å². The highest BCUT2D eigenvalue weighted by Crippen LogP contribution is 2.20. The van der Waals surface area contributed by atoms with E-state index in [0.717, 1.165) is 33.2 Å². The first-order chi connectivity index (χ1) is 14.3. The van der Waals surface area contributed by atoms with Crippen LogP contribution >= 0.6 is 0 Å². The lowest BCUT2D eigenvalue weighted by molar-refractivity contribution is -0.138. The molecule has 0 aliphatic rings. The summed E-state index contributed by atoms with van der Waals surface area (Å²) in [7, 11) is 0. The molecular formula is C26H25NO3. The molecule has 4 aromatic rings. The minimum Gasteiger partial charge on any atom is -0.481 e. The fourth-order valence-electron chi connectivity index (χ4n) is 3.18. The summed E-state index contributed by atoms with van der Waals surface area (Å²) in [4.78, 5) is 25.5. The number of H-pyrrole nitrogens is 1. The van der Waals surface area contributed by atoms with Gasteiger partial charge in [0, 0.05) is 11.1 Å². The van der Waals surface area contributed by atoms with Crippen molar-refractivity contribution < 1.29 is 9.90 Å². The summed E-state index contributed by atoms with van der Waals surface area (Å²) in [5.74, 6) is -1.19. The topological polar surface area (TPSA) is 70.2 Å². The van der Waals surface area contributed by atoms with Crippen LogP contribution in [0.15, 0.2) is 83.7 Å². The summed E-state index contributed by atoms with van der Waals surface area (Å²) in [5.41, 5.74) is 5.05. The maximum Gasteiger partial charge on any atom is 0.310 e. The second kappa shape index (κ2) is 9.23. The molecule has 0 amide bonds. The van der Waals surface area contributed by atoms with Crippen LogP contribution in [-0.4, -0.2) is 16.1 Å². The van der Waals surface area contributed by atoms with E-state index in [0.29, 0.717) is 0 Å². The van der Waals surface area contributed by atoms with Gasteiger partial charge in [0.25, 0.3) is 5.56 Å². The van der Waals surface area contributed by atoms with Crippen molar-refractivity contribution in [3.05, 3.63) is 106 Å². The summed E-state index contributed by atoms with van der Waals surface area (Å²) in [6.07, 6.45) is 0. The van der Waals surface area contributed by atoms with Crippen LogP contribution in [0, 0.1) is 13.8 Å². The van der Waals surface area contributed by atoms with E-state index in [-0.39, 0.29) is 5.56 Å². The zero-order valence-electron chi connectivity index (χ0n) is 17.3. The molecule has 4 nitrogen and oxygen atoms in total. The molecule has 4 heteroatoms. The summed E-state index contributed by atoms with van der Waals surface area (Å²) in [5, 5.41) is 10.4. The van der Waals surface area contributed by atoms with Crippen molar-refractivity contribution in [2.75, 3.05) is 0 Å². The van der Waals surface area contributed by atoms with Crippen LogP contribution in [0.2, 0.25) is 0 Å². The first-order valence-electron chi connectivity index (χ1n) is 9.83. The molecule has 0 aliphatic heterocycles. The Morgan fingerprint density at radius 3 is 2.23 bits per heavy atom. The number of carbonyl (C=O) groups is 1. The van der Waals surface area contributed by atoms with E-state index in [1.165, 1.54) is 5.56 Å². The second-order valence-electron chi connectivity index (χ2n) is 7.44. The Bertz CT molecular complexity index is 1220. The van der Waals surface area contributed by atoms with Crippen LogP contribution in [0.1, 0.15) is 29.5 Å². The number of aliphatic carboxylic acids is 1. The average molecular weight is 399 g/mol. The Labute approximate surface area is 175 Å². The van der Waals surface area contributed by atoms with Gasteiger partial charge in [-0.25, -0.2) is 0 Å². The lowest BCUT2D eigenvalue weighted by atomic mass is 10.0. The molecule has 0 bridgehead atoms. The van der Waals surface area contributed by atoms with Gasteiger partial charge in [0.05, 0.1) is 5.92 Å². The van der Waals surface area contributed by atoms with Gasteiger partial charge in [-0.3, -0.25) is 9.59 Å². The van der Waals surface area contributed by atoms with Gasteiger partial charge in [-0.05, 0) is 55.5 Å². The second-order valence-corrected chi connectivity index (χ2v) is 7.44. The van der Waals surface area contributed by atoms with E-state index in [9.17, 15) is 9.59 Å². The van der Waals surface area contributed by atoms with Gasteiger partial charge in [-0.2, -0.15) is 0 Å². The first kappa shape index (κ1) is 21.1. The van der Waals surface area contributed by atoms with Crippen LogP contribution in [0.5, 0.6) is 0 Å². The van der Waals surface area contributed by atoms with Crippen LogP contribution in [0.3, 0.4) is 0 Å². The molecule has 30 heavy (non-hydrogen) atoms. The quantitative estimate of drug-likeness (QED) is 0.465. The molecule has 0 saturated carbocycles. The molecule has 0 spiro atoms. The molecule has 2 N–H and O–H groups in total. The number of fused-ring (bicyclic) bond motifs is 1. The third-order valence-corrected chi connectivity index (χ3v) is 5.03. The Morgan fingerprint density at radius 2 is 1.57 bits per heavy atom. The third-order valence-electron chi connectivity index (χ3n) is 5.03. The Balaban J connectivity index is 0.000000187. The van der Waals surface area contributed by atoms with Crippen molar-refractivity contribution in [1.82, 2.24) is 4.98 Å². The van der Waals surface area contributed by atoms with E-state index in [1.54, 1.807) is 6.92 Å². The Kier molecular flexibility index (Phi) is 6.48. The van der Waals surface area contributed by atoms with Crippen LogP contribution in [-0.2, 0) is 4.79 Å². The number of rotatable bonds is 3. The smallest absolute Gasteiger partial charge is 0.310 e. The van der Waals surface area contributed by atoms with Gasteiger partial charge >= 0.3 is 5.97 Å². The number of hydrogen-bond acceptors (Lipinski definition) is 2. The summed E-state index contributed by atoms with van der Waals surface area (Å²) < 4.78 is 0. The maximum absolute atomic E-state index is 12.0. The molecule has 1 unspecified atom stereocenters. The lowest BCUT2D eigenvalue weighted by Crippen LogP contribution is -2.06. The average Bonchev–Trinajstić information content (AvgIpc) is 2.74. The predicted octanol–water partition coefficient (Wildman–Crippen LogP) is 5.69. The summed E-state index contributed by atoms with van der Waals surface area (Å²) in [6.45, 7) is 5.71. The number of hydrogen-bond donors (Lipinski definition) is 2. The van der Waals surface area contributed by atoms with Crippen LogP contribution in [0.4, 0.5) is 0 Å². The zero-order chi connectivity index (χ0) is 21.7. The molecule has 0 fully saturated rings. The summed E-state index contributed by atoms with van der Waals surface area (Å²) >= 11 is 0. The molecule has 152 valence electrons. The molecule has 0 radical (unpaired) electrons. The standard InChI is InChI=1S/C16H13NO.C10H12O2/c1-11-5-4-7-13(9-11)15-10-12-6-2-3-8-14(12)16(18)17-15;1-7-3-5-9(6-4-7)8(2)10(11)12/h2-10H,1H3,(H,17,18);3-6,8H,1-2H3,(H,11,12). The van der Waals surface area contributed by atoms with Gasteiger partial charge in [0.1, 0.15) is 0 Å². The van der Waals surface area contributed by atoms with Crippen molar-refractivity contribution in [2.24, 2.45) is 0 Å². The number of benzene rings is 3. The number of pyridine rings is 1. The van der Waals surface area contributed by atoms with E-state index < -0.39 is 11.9 Å². The highest BCUT2D eigenvalue weighted by molar-refractivity contribution is 5.85. The Morgan fingerprint density at radius 1 is 0.867 bits per heavy atom. The van der Waals surface area contributed by atoms with Crippen molar-refractivity contribution in [2.45, 2.75) is 26.7 Å². The number of aromatic amines is 1. The predicted molar refractivity (Wildman–Crippen MR) is 122 cm³/mol. The third kappa shape index (κ3) is 5.03. The Hall–Kier alpha value is -3.66. The van der Waals surface area contributed by atoms with Crippen molar-refractivity contribution in [3.8, 4) is 11.3 Å².